The van der Waals surface area contributed by atoms with E-state index in [9.17, 15) is 4.79 Å². The van der Waals surface area contributed by atoms with Crippen LogP contribution in [0.2, 0.25) is 0 Å². The molecule has 0 fully saturated rings. The van der Waals surface area contributed by atoms with E-state index in [0.717, 1.165) is 16.8 Å². The maximum absolute atomic E-state index is 12.3. The molecule has 0 atom stereocenters. The molecule has 130 valence electrons. The molecular formula is C21H25N3O. The number of amides is 1. The van der Waals surface area contributed by atoms with E-state index < -0.39 is 0 Å². The zero-order valence-corrected chi connectivity index (χ0v) is 14.9. The highest BCUT2D eigenvalue weighted by Crippen LogP contribution is 2.21. The zero-order chi connectivity index (χ0) is 18.2. The summed E-state index contributed by atoms with van der Waals surface area (Å²) in [5, 5.41) is 2.86. The first-order valence-corrected chi connectivity index (χ1v) is 8.09. The second-order valence-electron chi connectivity index (χ2n) is 5.62. The molecule has 1 amide bonds. The van der Waals surface area contributed by atoms with Gasteiger partial charge in [-0.2, -0.15) is 0 Å². The Morgan fingerprint density at radius 3 is 2.52 bits per heavy atom. The van der Waals surface area contributed by atoms with Crippen LogP contribution in [-0.4, -0.2) is 15.5 Å². The third-order valence-electron chi connectivity index (χ3n) is 3.56. The molecule has 3 rings (SSSR count). The second kappa shape index (κ2) is 8.64. The Balaban J connectivity index is 0.000000791. The monoisotopic (exact) mass is 335 g/mol. The fourth-order valence-corrected chi connectivity index (χ4v) is 2.36. The number of rotatable bonds is 3. The van der Waals surface area contributed by atoms with Crippen LogP contribution in [0.15, 0.2) is 73.4 Å². The standard InChI is InChI=1S/C18H17N3O.C3H6.H2/c1-13-7-6-10-15(11-13)17(22)20-18-19-12-16(21(18)2)14-8-4-3-5-9-14;1-3-2;/h3-12H,1-2H3,(H,19,20,22);3H,1H2,2H3;1H. The molecule has 2 aromatic carbocycles. The minimum Gasteiger partial charge on any atom is -0.313 e. The van der Waals surface area contributed by atoms with E-state index in [0.29, 0.717) is 11.5 Å². The van der Waals surface area contributed by atoms with Crippen LogP contribution >= 0.6 is 0 Å². The summed E-state index contributed by atoms with van der Waals surface area (Å²) in [4.78, 5) is 16.6. The van der Waals surface area contributed by atoms with Gasteiger partial charge >= 0.3 is 0 Å². The van der Waals surface area contributed by atoms with Crippen LogP contribution in [-0.2, 0) is 7.05 Å². The molecule has 0 radical (unpaired) electrons. The van der Waals surface area contributed by atoms with E-state index in [2.05, 4.69) is 16.9 Å². The summed E-state index contributed by atoms with van der Waals surface area (Å²) in [6, 6.07) is 17.5. The number of hydrogen-bond donors (Lipinski definition) is 1. The lowest BCUT2D eigenvalue weighted by Crippen LogP contribution is -2.15. The molecule has 25 heavy (non-hydrogen) atoms. The molecule has 1 aromatic heterocycles. The third kappa shape index (κ3) is 4.67. The van der Waals surface area contributed by atoms with Gasteiger partial charge in [-0.1, -0.05) is 54.1 Å². The summed E-state index contributed by atoms with van der Waals surface area (Å²) in [7, 11) is 1.89. The van der Waals surface area contributed by atoms with E-state index >= 15 is 0 Å². The van der Waals surface area contributed by atoms with Gasteiger partial charge < -0.3 is 4.57 Å². The first-order chi connectivity index (χ1) is 12.1. The van der Waals surface area contributed by atoms with Crippen LogP contribution in [0.5, 0.6) is 0 Å². The van der Waals surface area contributed by atoms with Crippen molar-refractivity contribution in [2.24, 2.45) is 7.05 Å². The zero-order valence-electron chi connectivity index (χ0n) is 14.9. The van der Waals surface area contributed by atoms with Crippen LogP contribution in [0.4, 0.5) is 5.95 Å². The highest BCUT2D eigenvalue weighted by atomic mass is 16.1. The average molecular weight is 335 g/mol. The van der Waals surface area contributed by atoms with Crippen molar-refractivity contribution >= 4 is 11.9 Å². The number of aromatic nitrogens is 2. The number of hydrogen-bond acceptors (Lipinski definition) is 2. The summed E-state index contributed by atoms with van der Waals surface area (Å²) in [5.41, 5.74) is 3.70. The van der Waals surface area contributed by atoms with Crippen molar-refractivity contribution < 1.29 is 6.22 Å². The van der Waals surface area contributed by atoms with Crippen LogP contribution in [0.3, 0.4) is 0 Å². The van der Waals surface area contributed by atoms with Gasteiger partial charge in [0.1, 0.15) is 0 Å². The minimum absolute atomic E-state index is 0. The quantitative estimate of drug-likeness (QED) is 0.678. The molecule has 3 aromatic rings. The highest BCUT2D eigenvalue weighted by Gasteiger charge is 2.12. The summed E-state index contributed by atoms with van der Waals surface area (Å²) in [6.07, 6.45) is 3.52. The molecule has 4 nitrogen and oxygen atoms in total. The van der Waals surface area contributed by atoms with Gasteiger partial charge in [-0.3, -0.25) is 10.1 Å². The van der Waals surface area contributed by atoms with Crippen LogP contribution in [0.1, 0.15) is 24.3 Å². The predicted octanol–water partition coefficient (Wildman–Crippen LogP) is 5.09. The first-order valence-electron chi connectivity index (χ1n) is 8.09. The molecule has 0 spiro atoms. The second-order valence-corrected chi connectivity index (χ2v) is 5.62. The van der Waals surface area contributed by atoms with Gasteiger partial charge in [0.05, 0.1) is 11.9 Å². The highest BCUT2D eigenvalue weighted by molar-refractivity contribution is 6.03. The summed E-state index contributed by atoms with van der Waals surface area (Å²) in [5.74, 6) is 0.377. The maximum Gasteiger partial charge on any atom is 0.257 e. The van der Waals surface area contributed by atoms with Gasteiger partial charge in [0.25, 0.3) is 5.91 Å². The molecule has 0 bridgehead atoms. The topological polar surface area (TPSA) is 46.9 Å². The molecular weight excluding hydrogens is 310 g/mol. The molecule has 0 aliphatic carbocycles. The molecule has 0 aliphatic heterocycles. The number of imidazole rings is 1. The number of nitrogens with one attached hydrogen (secondary N) is 1. The molecule has 0 saturated heterocycles. The largest absolute Gasteiger partial charge is 0.313 e. The molecule has 0 aliphatic rings. The fraction of sp³-hybridized carbons (Fsp3) is 0.143. The van der Waals surface area contributed by atoms with E-state index in [4.69, 9.17) is 0 Å². The van der Waals surface area contributed by atoms with Gasteiger partial charge in [-0.05, 0) is 31.5 Å². The molecule has 1 heterocycles. The smallest absolute Gasteiger partial charge is 0.257 e. The van der Waals surface area contributed by atoms with E-state index in [1.54, 1.807) is 18.3 Å². The summed E-state index contributed by atoms with van der Waals surface area (Å²) in [6.45, 7) is 7.21. The van der Waals surface area contributed by atoms with Gasteiger partial charge in [0.2, 0.25) is 5.95 Å². The number of nitrogens with zero attached hydrogens (tertiary/aromatic N) is 2. The Kier molecular flexibility index (Phi) is 6.29. The van der Waals surface area contributed by atoms with Crippen molar-refractivity contribution in [3.05, 3.63) is 84.6 Å². The van der Waals surface area contributed by atoms with Crippen molar-refractivity contribution in [3.8, 4) is 11.3 Å². The van der Waals surface area contributed by atoms with Crippen LogP contribution in [0.25, 0.3) is 11.3 Å². The SMILES string of the molecule is C=CC.Cc1cccc(C(=O)Nc2ncc(-c3ccccc3)n2C)c1.[HH]. The van der Waals surface area contributed by atoms with E-state index in [-0.39, 0.29) is 7.33 Å². The van der Waals surface area contributed by atoms with Gasteiger partial charge in [-0.25, -0.2) is 4.98 Å². The van der Waals surface area contributed by atoms with Crippen molar-refractivity contribution in [3.63, 3.8) is 0 Å². The summed E-state index contributed by atoms with van der Waals surface area (Å²) >= 11 is 0. The number of benzene rings is 2. The Bertz CT molecular complexity index is 857. The number of aryl methyl sites for hydroxylation is 1. The number of carbonyl (C=O) groups excluding carboxylic acids is 1. The Hall–Kier alpha value is -3.14. The molecule has 0 unspecified atom stereocenters. The molecule has 4 heteroatoms. The van der Waals surface area contributed by atoms with Crippen molar-refractivity contribution in [2.45, 2.75) is 13.8 Å². The lowest BCUT2D eigenvalue weighted by Gasteiger charge is -2.08. The Morgan fingerprint density at radius 1 is 1.20 bits per heavy atom. The van der Waals surface area contributed by atoms with Crippen molar-refractivity contribution in [2.75, 3.05) is 5.32 Å². The van der Waals surface area contributed by atoms with Gasteiger partial charge in [0.15, 0.2) is 0 Å². The lowest BCUT2D eigenvalue weighted by molar-refractivity contribution is 0.102. The molecule has 1 N–H and O–H groups in total. The van der Waals surface area contributed by atoms with E-state index in [1.807, 2.05) is 74.0 Å². The number of anilines is 1. The first kappa shape index (κ1) is 18.2. The predicted molar refractivity (Wildman–Crippen MR) is 106 cm³/mol. The van der Waals surface area contributed by atoms with Crippen LogP contribution < -0.4 is 5.32 Å². The lowest BCUT2D eigenvalue weighted by atomic mass is 10.1. The van der Waals surface area contributed by atoms with Crippen LogP contribution in [0, 0.1) is 6.92 Å². The fourth-order valence-electron chi connectivity index (χ4n) is 2.36. The van der Waals surface area contributed by atoms with Crippen molar-refractivity contribution in [1.82, 2.24) is 9.55 Å². The van der Waals surface area contributed by atoms with Crippen molar-refractivity contribution in [1.29, 1.82) is 0 Å². The van der Waals surface area contributed by atoms with Gasteiger partial charge in [-0.15, -0.1) is 6.58 Å². The third-order valence-corrected chi connectivity index (χ3v) is 3.56. The normalized spacial score (nSPS) is 9.72. The minimum atomic E-state index is -0.156. The average Bonchev–Trinajstić information content (AvgIpc) is 2.97. The number of carbonyl (C=O) groups is 1. The Labute approximate surface area is 150 Å². The van der Waals surface area contributed by atoms with Gasteiger partial charge in [0, 0.05) is 14.0 Å². The maximum atomic E-state index is 12.3. The Morgan fingerprint density at radius 2 is 1.88 bits per heavy atom. The summed E-state index contributed by atoms with van der Waals surface area (Å²) < 4.78 is 1.88. The number of allylic oxidation sites excluding steroid dienone is 1. The van der Waals surface area contributed by atoms with E-state index in [1.165, 1.54) is 0 Å². The molecule has 0 saturated carbocycles.